The van der Waals surface area contributed by atoms with Crippen molar-refractivity contribution in [2.75, 3.05) is 19.8 Å². The summed E-state index contributed by atoms with van der Waals surface area (Å²) in [5.41, 5.74) is 6.10. The Hall–Kier alpha value is -2.66. The summed E-state index contributed by atoms with van der Waals surface area (Å²) in [5.74, 6) is 0.979. The van der Waals surface area contributed by atoms with Gasteiger partial charge in [-0.15, -0.1) is 4.52 Å². The van der Waals surface area contributed by atoms with Crippen molar-refractivity contribution < 1.29 is 14.0 Å². The second-order valence-corrected chi connectivity index (χ2v) is 13.5. The van der Waals surface area contributed by atoms with E-state index in [-0.39, 0.29) is 21.8 Å². The minimum Gasteiger partial charge on any atom is -0.493 e. The Kier molecular flexibility index (Phi) is 5.51. The fourth-order valence-corrected chi connectivity index (χ4v) is 7.53. The van der Waals surface area contributed by atoms with Gasteiger partial charge in [0.1, 0.15) is 22.8 Å². The minimum absolute atomic E-state index is 0.0420. The van der Waals surface area contributed by atoms with Crippen LogP contribution in [0.2, 0.25) is 0 Å². The summed E-state index contributed by atoms with van der Waals surface area (Å²) in [5, 5.41) is 3.93. The topological polar surface area (TPSA) is 40.4 Å². The van der Waals surface area contributed by atoms with E-state index in [0.717, 1.165) is 49.6 Å². The molecule has 0 spiro atoms. The van der Waals surface area contributed by atoms with Crippen LogP contribution in [-0.4, -0.2) is 29.5 Å². The van der Waals surface area contributed by atoms with Gasteiger partial charge >= 0.3 is 5.65 Å². The van der Waals surface area contributed by atoms with Crippen molar-refractivity contribution in [2.45, 2.75) is 97.9 Å². The van der Waals surface area contributed by atoms with Gasteiger partial charge in [-0.3, -0.25) is 0 Å². The largest absolute Gasteiger partial charge is 0.493 e. The quantitative estimate of drug-likeness (QED) is 0.257. The number of aryl methyl sites for hydroxylation is 1. The zero-order chi connectivity index (χ0) is 27.3. The van der Waals surface area contributed by atoms with Crippen LogP contribution in [0, 0.1) is 12.3 Å². The predicted molar refractivity (Wildman–Crippen MR) is 154 cm³/mol. The molecule has 0 N–H and O–H groups in total. The van der Waals surface area contributed by atoms with E-state index < -0.39 is 0 Å². The smallest absolute Gasteiger partial charge is 0.356 e. The molecule has 1 atom stereocenters. The second kappa shape index (κ2) is 8.17. The number of hydrogen-bond acceptors (Lipinski definition) is 3. The van der Waals surface area contributed by atoms with E-state index in [2.05, 4.69) is 102 Å². The first kappa shape index (κ1) is 25.6. The maximum Gasteiger partial charge on any atom is 0.356 e. The number of fused-ring (bicyclic) bond motifs is 3. The lowest BCUT2D eigenvalue weighted by Gasteiger charge is -2.51. The molecule has 1 unspecified atom stereocenters. The van der Waals surface area contributed by atoms with E-state index in [0.29, 0.717) is 6.61 Å². The molecule has 0 radical (unpaired) electrons. The Morgan fingerprint density at radius 2 is 1.74 bits per heavy atom. The molecule has 0 saturated carbocycles. The number of benzene rings is 2. The van der Waals surface area contributed by atoms with Gasteiger partial charge in [0.05, 0.1) is 25.4 Å². The first-order chi connectivity index (χ1) is 17.9. The molecule has 2 aromatic carbocycles. The van der Waals surface area contributed by atoms with Crippen LogP contribution in [0.15, 0.2) is 30.5 Å². The molecule has 38 heavy (non-hydrogen) atoms. The molecule has 1 fully saturated rings. The van der Waals surface area contributed by atoms with Gasteiger partial charge < -0.3 is 9.47 Å². The SMILES string of the molecule is CCC1(C)c2cc(OCC3(C)COC3)cc3cc(C(C)(C)C)c4c(c23)n([n+]2ccc(C)nc42)C1(CC)CC. The molecule has 5 nitrogen and oxygen atoms in total. The third-order valence-electron chi connectivity index (χ3n) is 9.99. The second-order valence-electron chi connectivity index (χ2n) is 13.5. The number of rotatable bonds is 6. The summed E-state index contributed by atoms with van der Waals surface area (Å²) in [6.07, 6.45) is 5.36. The van der Waals surface area contributed by atoms with Crippen molar-refractivity contribution in [2.24, 2.45) is 5.41 Å². The van der Waals surface area contributed by atoms with Crippen LogP contribution < -0.4 is 9.25 Å². The molecule has 4 aromatic rings. The average molecular weight is 515 g/mol. The zero-order valence-electron chi connectivity index (χ0n) is 24.8. The van der Waals surface area contributed by atoms with Crippen molar-refractivity contribution in [1.29, 1.82) is 0 Å². The number of aromatic nitrogens is 3. The molecule has 5 heteroatoms. The Balaban J connectivity index is 1.80. The lowest BCUT2D eigenvalue weighted by atomic mass is 9.59. The monoisotopic (exact) mass is 514 g/mol. The molecule has 202 valence electrons. The lowest BCUT2D eigenvalue weighted by Crippen LogP contribution is -2.58. The summed E-state index contributed by atoms with van der Waals surface area (Å²) in [6, 6.07) is 9.23. The molecule has 1 saturated heterocycles. The molecule has 2 aliphatic rings. The summed E-state index contributed by atoms with van der Waals surface area (Å²) in [7, 11) is 0. The zero-order valence-corrected chi connectivity index (χ0v) is 24.8. The van der Waals surface area contributed by atoms with Crippen LogP contribution in [0.25, 0.3) is 27.3 Å². The lowest BCUT2D eigenvalue weighted by molar-refractivity contribution is -0.623. The van der Waals surface area contributed by atoms with Crippen LogP contribution in [0.4, 0.5) is 0 Å². The van der Waals surface area contributed by atoms with Gasteiger partial charge in [0, 0.05) is 29.2 Å². The summed E-state index contributed by atoms with van der Waals surface area (Å²) < 4.78 is 17.1. The highest BCUT2D eigenvalue weighted by Crippen LogP contribution is 2.56. The van der Waals surface area contributed by atoms with E-state index in [9.17, 15) is 0 Å². The fourth-order valence-electron chi connectivity index (χ4n) is 7.53. The molecule has 2 aromatic heterocycles. The average Bonchev–Trinajstić information content (AvgIpc) is 3.20. The molecule has 6 rings (SSSR count). The van der Waals surface area contributed by atoms with Crippen molar-refractivity contribution in [1.82, 2.24) is 9.67 Å². The molecule has 0 aliphatic carbocycles. The predicted octanol–water partition coefficient (Wildman–Crippen LogP) is 7.15. The van der Waals surface area contributed by atoms with E-state index in [1.807, 2.05) is 0 Å². The Labute approximate surface area is 227 Å². The highest BCUT2D eigenvalue weighted by atomic mass is 16.5. The van der Waals surface area contributed by atoms with Crippen LogP contribution in [0.5, 0.6) is 5.75 Å². The standard InChI is InChI=1S/C33H44N3O2/c1-10-32(9)25-17-23(38-20-31(8)18-37-19-31)15-22-16-24(30(5,6)7)27-28(26(22)25)36(33(32,11-2)12-3)35-14-13-21(4)34-29(27)35/h13-17H,10-12,18-20H2,1-9H3/q+1. The van der Waals surface area contributed by atoms with Gasteiger partial charge in [0.25, 0.3) is 0 Å². The van der Waals surface area contributed by atoms with Crippen molar-refractivity contribution in [3.8, 4) is 5.75 Å². The first-order valence-electron chi connectivity index (χ1n) is 14.5. The molecular weight excluding hydrogens is 470 g/mol. The summed E-state index contributed by atoms with van der Waals surface area (Å²) in [4.78, 5) is 5.18. The minimum atomic E-state index is -0.105. The molecule has 4 heterocycles. The highest BCUT2D eigenvalue weighted by molar-refractivity contribution is 6.14. The fraction of sp³-hybridized carbons (Fsp3) is 0.576. The van der Waals surface area contributed by atoms with Gasteiger partial charge in [0.15, 0.2) is 5.69 Å². The van der Waals surface area contributed by atoms with Gasteiger partial charge in [-0.1, -0.05) is 55.4 Å². The van der Waals surface area contributed by atoms with Gasteiger partial charge in [-0.2, -0.15) is 0 Å². The molecule has 2 aliphatic heterocycles. The van der Waals surface area contributed by atoms with E-state index >= 15 is 0 Å². The number of ether oxygens (including phenoxy) is 2. The number of nitrogens with zero attached hydrogens (tertiary/aromatic N) is 3. The van der Waals surface area contributed by atoms with Gasteiger partial charge in [-0.05, 0) is 64.4 Å². The third-order valence-corrected chi connectivity index (χ3v) is 9.99. The highest BCUT2D eigenvalue weighted by Gasteiger charge is 2.55. The van der Waals surface area contributed by atoms with Gasteiger partial charge in [-0.25, -0.2) is 4.68 Å². The Morgan fingerprint density at radius 1 is 1.03 bits per heavy atom. The molecular formula is C33H44N3O2+. The molecule has 0 amide bonds. The van der Waals surface area contributed by atoms with E-state index in [1.165, 1.54) is 32.8 Å². The maximum absolute atomic E-state index is 6.57. The van der Waals surface area contributed by atoms with E-state index in [4.69, 9.17) is 14.5 Å². The summed E-state index contributed by atoms with van der Waals surface area (Å²) in [6.45, 7) is 23.1. The van der Waals surface area contributed by atoms with E-state index in [1.54, 1.807) is 0 Å². The molecule has 0 bridgehead atoms. The maximum atomic E-state index is 6.57. The van der Waals surface area contributed by atoms with Crippen molar-refractivity contribution >= 4 is 27.3 Å². The van der Waals surface area contributed by atoms with Crippen LogP contribution in [0.3, 0.4) is 0 Å². The van der Waals surface area contributed by atoms with Gasteiger partial charge in [0.2, 0.25) is 0 Å². The normalized spacial score (nSPS) is 21.9. The number of hydrogen-bond donors (Lipinski definition) is 0. The Bertz CT molecular complexity index is 1580. The van der Waals surface area contributed by atoms with Crippen LogP contribution in [-0.2, 0) is 21.1 Å². The Morgan fingerprint density at radius 3 is 2.32 bits per heavy atom. The van der Waals surface area contributed by atoms with Crippen LogP contribution >= 0.6 is 0 Å². The van der Waals surface area contributed by atoms with Crippen molar-refractivity contribution in [3.63, 3.8) is 0 Å². The summed E-state index contributed by atoms with van der Waals surface area (Å²) >= 11 is 0. The first-order valence-corrected chi connectivity index (χ1v) is 14.5. The third kappa shape index (κ3) is 3.20. The van der Waals surface area contributed by atoms with Crippen molar-refractivity contribution in [3.05, 3.63) is 47.3 Å². The van der Waals surface area contributed by atoms with Crippen LogP contribution in [0.1, 0.15) is 91.5 Å².